The Balaban J connectivity index is 1.49. The summed E-state index contributed by atoms with van der Waals surface area (Å²) in [5, 5.41) is 5.59. The highest BCUT2D eigenvalue weighted by molar-refractivity contribution is 6.42. The number of aromatic nitrogens is 2. The van der Waals surface area contributed by atoms with Gasteiger partial charge in [0.15, 0.2) is 0 Å². The van der Waals surface area contributed by atoms with Crippen molar-refractivity contribution >= 4 is 40.7 Å². The summed E-state index contributed by atoms with van der Waals surface area (Å²) >= 11 is 12.1. The average molecular weight is 416 g/mol. The van der Waals surface area contributed by atoms with Gasteiger partial charge < -0.3 is 0 Å². The van der Waals surface area contributed by atoms with E-state index in [4.69, 9.17) is 23.2 Å². The lowest BCUT2D eigenvalue weighted by molar-refractivity contribution is -0.123. The molecule has 2 bridgehead atoms. The molecule has 28 heavy (non-hydrogen) atoms. The van der Waals surface area contributed by atoms with E-state index in [9.17, 15) is 9.59 Å². The number of anilines is 1. The van der Waals surface area contributed by atoms with Crippen LogP contribution in [0.15, 0.2) is 30.4 Å². The van der Waals surface area contributed by atoms with Gasteiger partial charge in [-0.3, -0.25) is 14.3 Å². The molecule has 1 saturated heterocycles. The first-order valence-corrected chi connectivity index (χ1v) is 10.2. The number of hydrogen-bond donors (Lipinski definition) is 0. The molecule has 7 heteroatoms. The Bertz CT molecular complexity index is 1030. The third-order valence-corrected chi connectivity index (χ3v) is 7.09. The largest absolute Gasteiger partial charge is 0.274 e. The van der Waals surface area contributed by atoms with E-state index in [2.05, 4.69) is 17.3 Å². The minimum atomic E-state index is -0.209. The number of nitrogens with zero attached hydrogens (tertiary/aromatic N) is 3. The van der Waals surface area contributed by atoms with E-state index in [0.717, 1.165) is 17.7 Å². The monoisotopic (exact) mass is 415 g/mol. The first-order chi connectivity index (χ1) is 13.4. The van der Waals surface area contributed by atoms with Crippen LogP contribution in [0.5, 0.6) is 0 Å². The second-order valence-corrected chi connectivity index (χ2v) is 8.75. The molecule has 4 atom stereocenters. The second kappa shape index (κ2) is 6.19. The molecule has 2 amide bonds. The van der Waals surface area contributed by atoms with Crippen LogP contribution in [0.4, 0.5) is 5.69 Å². The van der Waals surface area contributed by atoms with Gasteiger partial charge in [0.1, 0.15) is 0 Å². The highest BCUT2D eigenvalue weighted by Crippen LogP contribution is 2.53. The maximum Gasteiger partial charge on any atom is 0.238 e. The molecule has 2 heterocycles. The third-order valence-electron chi connectivity index (χ3n) is 6.35. The molecule has 2 aliphatic carbocycles. The van der Waals surface area contributed by atoms with Crippen LogP contribution in [0.2, 0.25) is 10.0 Å². The number of amides is 2. The molecule has 1 saturated carbocycles. The van der Waals surface area contributed by atoms with Crippen LogP contribution in [-0.2, 0) is 16.1 Å². The molecule has 5 nitrogen and oxygen atoms in total. The number of carbonyl (C=O) groups is 2. The van der Waals surface area contributed by atoms with Crippen LogP contribution in [-0.4, -0.2) is 21.6 Å². The third kappa shape index (κ3) is 2.42. The van der Waals surface area contributed by atoms with Crippen LogP contribution in [0.1, 0.15) is 23.4 Å². The Hall–Kier alpha value is -2.11. The number of fused-ring (bicyclic) bond motifs is 5. The molecule has 0 spiro atoms. The van der Waals surface area contributed by atoms with Gasteiger partial charge in [0.25, 0.3) is 0 Å². The number of allylic oxidation sites excluding steroid dienone is 2. The molecular formula is C21H19Cl2N3O2. The summed E-state index contributed by atoms with van der Waals surface area (Å²) in [5.41, 5.74) is 3.05. The molecule has 0 radical (unpaired) electrons. The summed E-state index contributed by atoms with van der Waals surface area (Å²) in [7, 11) is 0. The zero-order valence-corrected chi connectivity index (χ0v) is 17.0. The van der Waals surface area contributed by atoms with Crippen LogP contribution in [0.25, 0.3) is 0 Å². The smallest absolute Gasteiger partial charge is 0.238 e. The van der Waals surface area contributed by atoms with Crippen LogP contribution >= 0.6 is 23.2 Å². The molecule has 144 valence electrons. The summed E-state index contributed by atoms with van der Waals surface area (Å²) in [6.45, 7) is 4.23. The van der Waals surface area contributed by atoms with Gasteiger partial charge in [0.05, 0.1) is 45.5 Å². The number of imide groups is 1. The highest BCUT2D eigenvalue weighted by Gasteiger charge is 2.60. The molecule has 1 aliphatic heterocycles. The van der Waals surface area contributed by atoms with E-state index in [1.807, 2.05) is 24.6 Å². The van der Waals surface area contributed by atoms with E-state index in [0.29, 0.717) is 28.0 Å². The lowest BCUT2D eigenvalue weighted by Gasteiger charge is -2.18. The van der Waals surface area contributed by atoms with Crippen molar-refractivity contribution in [1.82, 2.24) is 9.78 Å². The standard InChI is InChI=1S/C21H19Cl2N3O2/c1-10-19(11(2)25(24-10)9-12-3-6-15(22)16(23)7-12)26-20(27)17-13-4-5-14(8-13)18(17)21(26)28/h3-7,13-14,17-18H,8-9H2,1-2H3/t13-,14-,17+,18+/m0/s1. The van der Waals surface area contributed by atoms with E-state index >= 15 is 0 Å². The number of aryl methyl sites for hydroxylation is 1. The van der Waals surface area contributed by atoms with Crippen molar-refractivity contribution in [3.8, 4) is 0 Å². The Labute approximate surface area is 172 Å². The summed E-state index contributed by atoms with van der Waals surface area (Å²) in [6.07, 6.45) is 5.14. The predicted molar refractivity (Wildman–Crippen MR) is 107 cm³/mol. The number of halogens is 2. The quantitative estimate of drug-likeness (QED) is 0.558. The van der Waals surface area contributed by atoms with Crippen molar-refractivity contribution < 1.29 is 9.59 Å². The summed E-state index contributed by atoms with van der Waals surface area (Å²) in [6, 6.07) is 5.45. The summed E-state index contributed by atoms with van der Waals surface area (Å²) < 4.78 is 1.81. The zero-order valence-electron chi connectivity index (χ0n) is 15.5. The van der Waals surface area contributed by atoms with Crippen molar-refractivity contribution in [3.63, 3.8) is 0 Å². The van der Waals surface area contributed by atoms with Gasteiger partial charge in [-0.2, -0.15) is 5.10 Å². The zero-order chi connectivity index (χ0) is 19.7. The number of hydrogen-bond acceptors (Lipinski definition) is 3. The minimum Gasteiger partial charge on any atom is -0.274 e. The van der Waals surface area contributed by atoms with Crippen molar-refractivity contribution in [2.24, 2.45) is 23.7 Å². The van der Waals surface area contributed by atoms with Gasteiger partial charge in [-0.25, -0.2) is 4.90 Å². The fourth-order valence-corrected chi connectivity index (χ4v) is 5.42. The van der Waals surface area contributed by atoms with Gasteiger partial charge in [-0.1, -0.05) is 41.4 Å². The highest BCUT2D eigenvalue weighted by atomic mass is 35.5. The van der Waals surface area contributed by atoms with Crippen molar-refractivity contribution in [2.75, 3.05) is 4.90 Å². The van der Waals surface area contributed by atoms with Crippen LogP contribution in [0, 0.1) is 37.5 Å². The van der Waals surface area contributed by atoms with Gasteiger partial charge in [-0.15, -0.1) is 0 Å². The Morgan fingerprint density at radius 1 is 1.04 bits per heavy atom. The van der Waals surface area contributed by atoms with Crippen molar-refractivity contribution in [1.29, 1.82) is 0 Å². The second-order valence-electron chi connectivity index (χ2n) is 7.94. The molecule has 0 N–H and O–H groups in total. The topological polar surface area (TPSA) is 55.2 Å². The van der Waals surface area contributed by atoms with E-state index in [1.165, 1.54) is 4.90 Å². The van der Waals surface area contributed by atoms with E-state index in [1.54, 1.807) is 12.1 Å². The number of benzene rings is 1. The number of carbonyl (C=O) groups excluding carboxylic acids is 2. The van der Waals surface area contributed by atoms with Crippen LogP contribution < -0.4 is 4.90 Å². The summed E-state index contributed by atoms with van der Waals surface area (Å²) in [5.74, 6) is -0.176. The number of rotatable bonds is 3. The Morgan fingerprint density at radius 2 is 1.68 bits per heavy atom. The lowest BCUT2D eigenvalue weighted by atomic mass is 9.85. The molecule has 1 aromatic carbocycles. The first kappa shape index (κ1) is 18.0. The minimum absolute atomic E-state index is 0.0767. The molecule has 1 aromatic heterocycles. The normalized spacial score (nSPS) is 27.9. The van der Waals surface area contributed by atoms with E-state index in [-0.39, 0.29) is 35.5 Å². The molecule has 5 rings (SSSR count). The summed E-state index contributed by atoms with van der Waals surface area (Å²) in [4.78, 5) is 27.7. The lowest BCUT2D eigenvalue weighted by Crippen LogP contribution is -2.33. The van der Waals surface area contributed by atoms with Crippen molar-refractivity contribution in [2.45, 2.75) is 26.8 Å². The van der Waals surface area contributed by atoms with Gasteiger partial charge in [0, 0.05) is 0 Å². The first-order valence-electron chi connectivity index (χ1n) is 9.41. The fraction of sp³-hybridized carbons (Fsp3) is 0.381. The van der Waals surface area contributed by atoms with Gasteiger partial charge >= 0.3 is 0 Å². The maximum atomic E-state index is 13.1. The average Bonchev–Trinajstić information content (AvgIpc) is 3.38. The molecule has 2 fully saturated rings. The Kier molecular flexibility index (Phi) is 3.97. The SMILES string of the molecule is Cc1nn(Cc2ccc(Cl)c(Cl)c2)c(C)c1N1C(=O)[C@H]2[C@H](C1=O)[C@H]1C=C[C@H]2C1. The molecule has 2 aromatic rings. The van der Waals surface area contributed by atoms with Crippen LogP contribution in [0.3, 0.4) is 0 Å². The molecular weight excluding hydrogens is 397 g/mol. The van der Waals surface area contributed by atoms with Gasteiger partial charge in [0.2, 0.25) is 11.8 Å². The van der Waals surface area contributed by atoms with E-state index < -0.39 is 0 Å². The maximum absolute atomic E-state index is 13.1. The predicted octanol–water partition coefficient (Wildman–Crippen LogP) is 4.17. The van der Waals surface area contributed by atoms with Crippen molar-refractivity contribution in [3.05, 3.63) is 57.3 Å². The molecule has 3 aliphatic rings. The molecule has 0 unspecified atom stereocenters. The Morgan fingerprint density at radius 3 is 2.29 bits per heavy atom. The van der Waals surface area contributed by atoms with Gasteiger partial charge in [-0.05, 0) is 49.8 Å². The fourth-order valence-electron chi connectivity index (χ4n) is 5.10.